The molecule has 0 bridgehead atoms. The molecule has 1 amide bonds. The van der Waals surface area contributed by atoms with Crippen LogP contribution in [0.2, 0.25) is 0 Å². The number of hydrogen-bond acceptors (Lipinski definition) is 3. The van der Waals surface area contributed by atoms with E-state index in [1.807, 2.05) is 20.8 Å². The van der Waals surface area contributed by atoms with Crippen molar-refractivity contribution in [2.45, 2.75) is 59.0 Å². The first-order chi connectivity index (χ1) is 8.59. The fourth-order valence-corrected chi connectivity index (χ4v) is 2.27. The van der Waals surface area contributed by atoms with Crippen molar-refractivity contribution in [1.29, 1.82) is 0 Å². The van der Waals surface area contributed by atoms with E-state index in [-0.39, 0.29) is 17.9 Å². The topological polar surface area (TPSA) is 59.8 Å². The van der Waals surface area contributed by atoms with E-state index in [2.05, 4.69) is 20.1 Å². The molecule has 2 rings (SSSR count). The summed E-state index contributed by atoms with van der Waals surface area (Å²) in [6.07, 6.45) is 4.60. The summed E-state index contributed by atoms with van der Waals surface area (Å²) < 4.78 is 2.18. The molecule has 1 unspecified atom stereocenters. The van der Waals surface area contributed by atoms with Gasteiger partial charge in [-0.05, 0) is 19.8 Å². The van der Waals surface area contributed by atoms with Gasteiger partial charge in [-0.3, -0.25) is 4.79 Å². The van der Waals surface area contributed by atoms with Gasteiger partial charge in [-0.1, -0.05) is 20.3 Å². The maximum atomic E-state index is 11.7. The van der Waals surface area contributed by atoms with E-state index in [1.54, 1.807) is 0 Å². The summed E-state index contributed by atoms with van der Waals surface area (Å²) in [5.74, 6) is 2.02. The second-order valence-electron chi connectivity index (χ2n) is 5.32. The number of carbonyl (C=O) groups is 1. The van der Waals surface area contributed by atoms with Crippen LogP contribution in [-0.4, -0.2) is 20.7 Å². The highest BCUT2D eigenvalue weighted by Crippen LogP contribution is 2.18. The first-order valence-electron chi connectivity index (χ1n) is 6.82. The predicted molar refractivity (Wildman–Crippen MR) is 69.0 cm³/mol. The van der Waals surface area contributed by atoms with Crippen LogP contribution in [0.25, 0.3) is 0 Å². The van der Waals surface area contributed by atoms with Crippen molar-refractivity contribution in [2.24, 2.45) is 5.92 Å². The fraction of sp³-hybridized carbons (Fsp3) is 0.769. The Labute approximate surface area is 108 Å². The lowest BCUT2D eigenvalue weighted by molar-refractivity contribution is -0.124. The van der Waals surface area contributed by atoms with Gasteiger partial charge >= 0.3 is 0 Å². The van der Waals surface area contributed by atoms with Crippen molar-refractivity contribution in [3.05, 3.63) is 11.6 Å². The average Bonchev–Trinajstić information content (AvgIpc) is 2.58. The molecule has 0 spiro atoms. The molecule has 1 aromatic heterocycles. The third-order valence-electron chi connectivity index (χ3n) is 3.41. The summed E-state index contributed by atoms with van der Waals surface area (Å²) in [6, 6.07) is -0.0701. The van der Waals surface area contributed by atoms with Crippen LogP contribution in [0.4, 0.5) is 0 Å². The molecule has 100 valence electrons. The summed E-state index contributed by atoms with van der Waals surface area (Å²) in [5.41, 5.74) is 0. The van der Waals surface area contributed by atoms with Gasteiger partial charge in [0.15, 0.2) is 5.82 Å². The Morgan fingerprint density at radius 3 is 2.72 bits per heavy atom. The molecule has 1 N–H and O–H groups in total. The number of nitrogens with zero attached hydrogens (tertiary/aromatic N) is 3. The van der Waals surface area contributed by atoms with E-state index in [1.165, 1.54) is 19.3 Å². The SMILES string of the molecule is CC(C)C(=O)NC(C)c1nnc2n1CCCCC2. The van der Waals surface area contributed by atoms with Crippen molar-refractivity contribution in [3.8, 4) is 0 Å². The number of rotatable bonds is 3. The highest BCUT2D eigenvalue weighted by atomic mass is 16.1. The highest BCUT2D eigenvalue weighted by Gasteiger charge is 2.21. The summed E-state index contributed by atoms with van der Waals surface area (Å²) in [6.45, 7) is 6.74. The van der Waals surface area contributed by atoms with E-state index in [4.69, 9.17) is 0 Å². The van der Waals surface area contributed by atoms with Gasteiger partial charge in [0.25, 0.3) is 0 Å². The minimum Gasteiger partial charge on any atom is -0.346 e. The minimum absolute atomic E-state index is 0.000949. The lowest BCUT2D eigenvalue weighted by atomic mass is 10.2. The molecule has 1 aromatic rings. The van der Waals surface area contributed by atoms with Crippen LogP contribution in [0.15, 0.2) is 0 Å². The third kappa shape index (κ3) is 2.71. The van der Waals surface area contributed by atoms with Crippen molar-refractivity contribution >= 4 is 5.91 Å². The number of aryl methyl sites for hydroxylation is 1. The van der Waals surface area contributed by atoms with Crippen molar-refractivity contribution in [2.75, 3.05) is 0 Å². The van der Waals surface area contributed by atoms with Gasteiger partial charge in [-0.15, -0.1) is 10.2 Å². The molecule has 0 saturated carbocycles. The smallest absolute Gasteiger partial charge is 0.223 e. The second-order valence-corrected chi connectivity index (χ2v) is 5.32. The largest absolute Gasteiger partial charge is 0.346 e. The van der Waals surface area contributed by atoms with Crippen molar-refractivity contribution < 1.29 is 4.79 Å². The molecule has 0 saturated heterocycles. The Hall–Kier alpha value is -1.39. The quantitative estimate of drug-likeness (QED) is 0.890. The van der Waals surface area contributed by atoms with Crippen molar-refractivity contribution in [3.63, 3.8) is 0 Å². The summed E-state index contributed by atoms with van der Waals surface area (Å²) in [7, 11) is 0. The molecule has 1 aliphatic heterocycles. The van der Waals surface area contributed by atoms with Gasteiger partial charge in [0.2, 0.25) is 5.91 Å². The number of fused-ring (bicyclic) bond motifs is 1. The van der Waals surface area contributed by atoms with E-state index in [0.717, 1.165) is 24.6 Å². The Bertz CT molecular complexity index is 425. The van der Waals surface area contributed by atoms with Gasteiger partial charge in [0.1, 0.15) is 5.82 Å². The Kier molecular flexibility index (Phi) is 3.99. The lowest BCUT2D eigenvalue weighted by Gasteiger charge is -2.16. The zero-order chi connectivity index (χ0) is 13.1. The average molecular weight is 250 g/mol. The minimum atomic E-state index is -0.0701. The molecule has 0 aliphatic carbocycles. The van der Waals surface area contributed by atoms with Gasteiger partial charge in [-0.2, -0.15) is 0 Å². The van der Waals surface area contributed by atoms with Gasteiger partial charge < -0.3 is 9.88 Å². The molecule has 0 aromatic carbocycles. The standard InChI is InChI=1S/C13H22N4O/c1-9(2)13(18)14-10(3)12-16-15-11-7-5-4-6-8-17(11)12/h9-10H,4-8H2,1-3H3,(H,14,18). The van der Waals surface area contributed by atoms with E-state index in [0.29, 0.717) is 0 Å². The number of carbonyl (C=O) groups excluding carboxylic acids is 1. The molecule has 1 aliphatic rings. The Balaban J connectivity index is 2.13. The van der Waals surface area contributed by atoms with Gasteiger partial charge in [0.05, 0.1) is 6.04 Å². The highest BCUT2D eigenvalue weighted by molar-refractivity contribution is 5.78. The maximum absolute atomic E-state index is 11.7. The number of nitrogens with one attached hydrogen (secondary N) is 1. The van der Waals surface area contributed by atoms with Crippen LogP contribution >= 0.6 is 0 Å². The third-order valence-corrected chi connectivity index (χ3v) is 3.41. The van der Waals surface area contributed by atoms with Gasteiger partial charge in [-0.25, -0.2) is 0 Å². The van der Waals surface area contributed by atoms with Crippen LogP contribution in [0.1, 0.15) is 57.7 Å². The predicted octanol–water partition coefficient (Wildman–Crippen LogP) is 1.84. The van der Waals surface area contributed by atoms with E-state index < -0.39 is 0 Å². The molecular weight excluding hydrogens is 228 g/mol. The maximum Gasteiger partial charge on any atom is 0.223 e. The first kappa shape index (κ1) is 13.1. The molecule has 5 nitrogen and oxygen atoms in total. The number of hydrogen-bond donors (Lipinski definition) is 1. The zero-order valence-corrected chi connectivity index (χ0v) is 11.4. The van der Waals surface area contributed by atoms with Crippen LogP contribution in [0.3, 0.4) is 0 Å². The Morgan fingerprint density at radius 2 is 2.00 bits per heavy atom. The van der Waals surface area contributed by atoms with Crippen LogP contribution < -0.4 is 5.32 Å². The molecular formula is C13H22N4O. The fourth-order valence-electron chi connectivity index (χ4n) is 2.27. The monoisotopic (exact) mass is 250 g/mol. The molecule has 0 radical (unpaired) electrons. The molecule has 5 heteroatoms. The second kappa shape index (κ2) is 5.50. The molecule has 0 fully saturated rings. The molecule has 18 heavy (non-hydrogen) atoms. The normalized spacial score (nSPS) is 17.1. The number of amides is 1. The van der Waals surface area contributed by atoms with Crippen LogP contribution in [-0.2, 0) is 17.8 Å². The van der Waals surface area contributed by atoms with Gasteiger partial charge in [0, 0.05) is 18.9 Å². The summed E-state index contributed by atoms with van der Waals surface area (Å²) in [4.78, 5) is 11.7. The van der Waals surface area contributed by atoms with Crippen molar-refractivity contribution in [1.82, 2.24) is 20.1 Å². The molecule has 2 heterocycles. The number of aromatic nitrogens is 3. The summed E-state index contributed by atoms with van der Waals surface area (Å²) in [5, 5.41) is 11.5. The van der Waals surface area contributed by atoms with E-state index in [9.17, 15) is 4.79 Å². The van der Waals surface area contributed by atoms with E-state index >= 15 is 0 Å². The summed E-state index contributed by atoms with van der Waals surface area (Å²) >= 11 is 0. The van der Waals surface area contributed by atoms with Crippen LogP contribution in [0, 0.1) is 5.92 Å². The Morgan fingerprint density at radius 1 is 1.22 bits per heavy atom. The first-order valence-corrected chi connectivity index (χ1v) is 6.82. The zero-order valence-electron chi connectivity index (χ0n) is 11.4. The van der Waals surface area contributed by atoms with Crippen LogP contribution in [0.5, 0.6) is 0 Å². The molecule has 1 atom stereocenters. The lowest BCUT2D eigenvalue weighted by Crippen LogP contribution is -2.32.